The number of hydrogen-bond acceptors (Lipinski definition) is 2. The van der Waals surface area contributed by atoms with Crippen molar-refractivity contribution in [2.24, 2.45) is 0 Å². The van der Waals surface area contributed by atoms with E-state index < -0.39 is 6.10 Å². The average molecular weight is 330 g/mol. The number of halogens is 1. The molecule has 1 amide bonds. The van der Waals surface area contributed by atoms with E-state index in [0.717, 1.165) is 25.1 Å². The first kappa shape index (κ1) is 15.9. The lowest BCUT2D eigenvalue weighted by atomic mass is 10.0. The minimum atomic E-state index is -0.500. The minimum absolute atomic E-state index is 0.0135. The molecule has 0 fully saturated rings. The third-order valence-electron chi connectivity index (χ3n) is 4.10. The molecule has 1 aliphatic rings. The molecular weight excluding hydrogens is 310 g/mol. The molecule has 4 heteroatoms. The van der Waals surface area contributed by atoms with Crippen LogP contribution >= 0.6 is 11.6 Å². The van der Waals surface area contributed by atoms with Crippen LogP contribution in [-0.4, -0.2) is 18.6 Å². The van der Waals surface area contributed by atoms with Gasteiger partial charge in [-0.05, 0) is 49.1 Å². The Morgan fingerprint density at radius 1 is 1.26 bits per heavy atom. The third kappa shape index (κ3) is 3.50. The number of nitrogens with zero attached hydrogens (tertiary/aromatic N) is 1. The van der Waals surface area contributed by atoms with Gasteiger partial charge in [0, 0.05) is 17.3 Å². The number of aryl methyl sites for hydroxylation is 1. The van der Waals surface area contributed by atoms with Gasteiger partial charge in [-0.15, -0.1) is 0 Å². The molecule has 1 atom stereocenters. The highest BCUT2D eigenvalue weighted by Gasteiger charge is 2.28. The Balaban J connectivity index is 1.81. The van der Waals surface area contributed by atoms with Crippen molar-refractivity contribution in [3.63, 3.8) is 0 Å². The molecule has 23 heavy (non-hydrogen) atoms. The Kier molecular flexibility index (Phi) is 4.87. The molecule has 2 aromatic rings. The Bertz CT molecular complexity index is 701. The fourth-order valence-electron chi connectivity index (χ4n) is 2.95. The molecule has 3 rings (SSSR count). The van der Waals surface area contributed by atoms with E-state index in [1.54, 1.807) is 12.1 Å². The number of amides is 1. The third-order valence-corrected chi connectivity index (χ3v) is 4.33. The van der Waals surface area contributed by atoms with Gasteiger partial charge >= 0.3 is 0 Å². The van der Waals surface area contributed by atoms with Gasteiger partial charge in [-0.25, -0.2) is 0 Å². The van der Waals surface area contributed by atoms with Crippen molar-refractivity contribution in [3.05, 3.63) is 59.1 Å². The lowest BCUT2D eigenvalue weighted by Crippen LogP contribution is -2.44. The van der Waals surface area contributed by atoms with Crippen molar-refractivity contribution in [1.29, 1.82) is 0 Å². The number of para-hydroxylation sites is 1. The maximum atomic E-state index is 12.9. The number of benzene rings is 2. The van der Waals surface area contributed by atoms with Crippen molar-refractivity contribution in [2.75, 3.05) is 11.4 Å². The van der Waals surface area contributed by atoms with Crippen molar-refractivity contribution in [1.82, 2.24) is 0 Å². The van der Waals surface area contributed by atoms with Crippen LogP contribution < -0.4 is 9.64 Å². The van der Waals surface area contributed by atoms with E-state index in [2.05, 4.69) is 6.07 Å². The summed E-state index contributed by atoms with van der Waals surface area (Å²) in [6, 6.07) is 15.3. The minimum Gasteiger partial charge on any atom is -0.481 e. The fourth-order valence-corrected chi connectivity index (χ4v) is 3.13. The first-order chi connectivity index (χ1) is 11.2. The Morgan fingerprint density at radius 3 is 2.87 bits per heavy atom. The lowest BCUT2D eigenvalue weighted by molar-refractivity contribution is -0.125. The van der Waals surface area contributed by atoms with Crippen LogP contribution in [0.5, 0.6) is 5.75 Å². The average Bonchev–Trinajstić information content (AvgIpc) is 2.58. The van der Waals surface area contributed by atoms with Crippen LogP contribution in [0.25, 0.3) is 0 Å². The molecule has 0 bridgehead atoms. The zero-order chi connectivity index (χ0) is 16.2. The number of carbonyl (C=O) groups is 1. The first-order valence-corrected chi connectivity index (χ1v) is 8.38. The van der Waals surface area contributed by atoms with Crippen LogP contribution in [-0.2, 0) is 11.2 Å². The van der Waals surface area contributed by atoms with Crippen molar-refractivity contribution >= 4 is 23.2 Å². The highest BCUT2D eigenvalue weighted by molar-refractivity contribution is 6.30. The Labute approximate surface area is 141 Å². The zero-order valence-electron chi connectivity index (χ0n) is 13.2. The van der Waals surface area contributed by atoms with Crippen LogP contribution in [0.3, 0.4) is 0 Å². The van der Waals surface area contributed by atoms with E-state index in [9.17, 15) is 4.79 Å². The molecule has 1 aliphatic heterocycles. The van der Waals surface area contributed by atoms with Crippen LogP contribution in [0.2, 0.25) is 5.02 Å². The van der Waals surface area contributed by atoms with E-state index in [-0.39, 0.29) is 5.91 Å². The highest BCUT2D eigenvalue weighted by atomic mass is 35.5. The molecule has 0 spiro atoms. The van der Waals surface area contributed by atoms with Crippen molar-refractivity contribution in [2.45, 2.75) is 32.3 Å². The van der Waals surface area contributed by atoms with E-state index in [4.69, 9.17) is 16.3 Å². The molecule has 1 unspecified atom stereocenters. The summed E-state index contributed by atoms with van der Waals surface area (Å²) in [6.45, 7) is 2.70. The van der Waals surface area contributed by atoms with Gasteiger partial charge < -0.3 is 9.64 Å². The van der Waals surface area contributed by atoms with Gasteiger partial charge in [0.25, 0.3) is 5.91 Å². The van der Waals surface area contributed by atoms with Crippen molar-refractivity contribution < 1.29 is 9.53 Å². The first-order valence-electron chi connectivity index (χ1n) is 8.00. The van der Waals surface area contributed by atoms with Gasteiger partial charge in [-0.2, -0.15) is 0 Å². The monoisotopic (exact) mass is 329 g/mol. The van der Waals surface area contributed by atoms with Crippen LogP contribution in [0.15, 0.2) is 48.5 Å². The smallest absolute Gasteiger partial charge is 0.268 e. The van der Waals surface area contributed by atoms with E-state index in [1.165, 1.54) is 5.56 Å². The van der Waals surface area contributed by atoms with Gasteiger partial charge in [-0.1, -0.05) is 42.8 Å². The normalized spacial score (nSPS) is 15.0. The summed E-state index contributed by atoms with van der Waals surface area (Å²) >= 11 is 5.99. The molecule has 0 radical (unpaired) electrons. The standard InChI is InChI=1S/C19H20ClNO2/c1-2-18(23-16-10-5-9-15(20)13-16)19(22)21-12-6-8-14-7-3-4-11-17(14)21/h3-5,7,9-11,13,18H,2,6,8,12H2,1H3. The van der Waals surface area contributed by atoms with E-state index in [1.807, 2.05) is 42.2 Å². The number of rotatable bonds is 4. The quantitative estimate of drug-likeness (QED) is 0.827. The topological polar surface area (TPSA) is 29.5 Å². The number of ether oxygens (including phenoxy) is 1. The van der Waals surface area contributed by atoms with Crippen LogP contribution in [0, 0.1) is 0 Å². The summed E-state index contributed by atoms with van der Waals surface area (Å²) < 4.78 is 5.90. The lowest BCUT2D eigenvalue weighted by Gasteiger charge is -2.32. The van der Waals surface area contributed by atoms with Gasteiger partial charge in [-0.3, -0.25) is 4.79 Å². The predicted octanol–water partition coefficient (Wildman–Crippen LogP) is 4.48. The van der Waals surface area contributed by atoms with Crippen LogP contribution in [0.4, 0.5) is 5.69 Å². The molecule has 1 heterocycles. The number of carbonyl (C=O) groups excluding carboxylic acids is 1. The second-order valence-corrected chi connectivity index (χ2v) is 6.13. The van der Waals surface area contributed by atoms with Gasteiger partial charge in [0.1, 0.15) is 5.75 Å². The molecule has 0 aromatic heterocycles. The maximum Gasteiger partial charge on any atom is 0.268 e. The van der Waals surface area contributed by atoms with Crippen LogP contribution in [0.1, 0.15) is 25.3 Å². The molecule has 120 valence electrons. The summed E-state index contributed by atoms with van der Waals surface area (Å²) in [7, 11) is 0. The summed E-state index contributed by atoms with van der Waals surface area (Å²) in [4.78, 5) is 14.8. The molecule has 3 nitrogen and oxygen atoms in total. The zero-order valence-corrected chi connectivity index (χ0v) is 13.9. The summed E-state index contributed by atoms with van der Waals surface area (Å²) in [6.07, 6.45) is 2.12. The number of fused-ring (bicyclic) bond motifs is 1. The maximum absolute atomic E-state index is 12.9. The molecule has 0 saturated carbocycles. The molecule has 0 N–H and O–H groups in total. The second-order valence-electron chi connectivity index (χ2n) is 5.69. The molecule has 0 aliphatic carbocycles. The summed E-state index contributed by atoms with van der Waals surface area (Å²) in [5.74, 6) is 0.641. The second kappa shape index (κ2) is 7.05. The van der Waals surface area contributed by atoms with Gasteiger partial charge in [0.05, 0.1) is 0 Å². The number of hydrogen-bond donors (Lipinski definition) is 0. The fraction of sp³-hybridized carbons (Fsp3) is 0.316. The SMILES string of the molecule is CCC(Oc1cccc(Cl)c1)C(=O)N1CCCc2ccccc21. The summed E-state index contributed by atoms with van der Waals surface area (Å²) in [5.41, 5.74) is 2.24. The van der Waals surface area contributed by atoms with Crippen molar-refractivity contribution in [3.8, 4) is 5.75 Å². The highest BCUT2D eigenvalue weighted by Crippen LogP contribution is 2.28. The largest absolute Gasteiger partial charge is 0.481 e. The Morgan fingerprint density at radius 2 is 2.09 bits per heavy atom. The van der Waals surface area contributed by atoms with Gasteiger partial charge in [0.15, 0.2) is 6.10 Å². The number of anilines is 1. The van der Waals surface area contributed by atoms with E-state index in [0.29, 0.717) is 17.2 Å². The van der Waals surface area contributed by atoms with Gasteiger partial charge in [0.2, 0.25) is 0 Å². The molecule has 2 aromatic carbocycles. The molecule has 0 saturated heterocycles. The Hall–Kier alpha value is -2.00. The summed E-state index contributed by atoms with van der Waals surface area (Å²) in [5, 5.41) is 0.605. The predicted molar refractivity (Wildman–Crippen MR) is 93.3 cm³/mol. The molecular formula is C19H20ClNO2. The van der Waals surface area contributed by atoms with E-state index >= 15 is 0 Å².